The summed E-state index contributed by atoms with van der Waals surface area (Å²) in [5.41, 5.74) is 8.35. The molecular weight excluding hydrogens is 260 g/mol. The summed E-state index contributed by atoms with van der Waals surface area (Å²) in [5.74, 6) is 0.310. The summed E-state index contributed by atoms with van der Waals surface area (Å²) in [5, 5.41) is 9.83. The van der Waals surface area contributed by atoms with E-state index in [0.717, 1.165) is 24.1 Å². The van der Waals surface area contributed by atoms with Gasteiger partial charge in [0.1, 0.15) is 0 Å². The molecule has 0 radical (unpaired) electrons. The van der Waals surface area contributed by atoms with Crippen molar-refractivity contribution >= 4 is 11.6 Å². The van der Waals surface area contributed by atoms with Gasteiger partial charge < -0.3 is 10.8 Å². The molecule has 2 unspecified atom stereocenters. The van der Waals surface area contributed by atoms with Crippen LogP contribution in [0.1, 0.15) is 57.7 Å². The Morgan fingerprint density at radius 3 is 2.47 bits per heavy atom. The van der Waals surface area contributed by atoms with Gasteiger partial charge in [-0.3, -0.25) is 0 Å². The number of halogens is 1. The first-order valence-electron chi connectivity index (χ1n) is 6.94. The van der Waals surface area contributed by atoms with Gasteiger partial charge >= 0.3 is 0 Å². The molecule has 3 N–H and O–H groups in total. The van der Waals surface area contributed by atoms with E-state index in [9.17, 15) is 5.11 Å². The number of hydrogen-bond donors (Lipinski definition) is 2. The van der Waals surface area contributed by atoms with Crippen molar-refractivity contribution in [3.63, 3.8) is 0 Å². The van der Waals surface area contributed by atoms with Crippen molar-refractivity contribution in [3.05, 3.63) is 22.5 Å². The minimum Gasteiger partial charge on any atom is -0.505 e. The van der Waals surface area contributed by atoms with Crippen LogP contribution in [0, 0.1) is 12.3 Å². The standard InChI is InChI=1S/C13H19ClN2O.C2H6/c1-7-9(6-10(17)12(14)16-7)8-4-5-13(2,3)11(8)15;1-2/h6,8,11,17H,4-5,15H2,1-3H3;1-2H3. The minimum absolute atomic E-state index is 0.0455. The smallest absolute Gasteiger partial charge is 0.171 e. The van der Waals surface area contributed by atoms with E-state index in [1.807, 2.05) is 20.8 Å². The highest BCUT2D eigenvalue weighted by molar-refractivity contribution is 6.30. The molecule has 0 bridgehead atoms. The maximum Gasteiger partial charge on any atom is 0.171 e. The fraction of sp³-hybridized carbons (Fsp3) is 0.667. The van der Waals surface area contributed by atoms with E-state index in [2.05, 4.69) is 18.8 Å². The van der Waals surface area contributed by atoms with Crippen molar-refractivity contribution in [2.45, 2.75) is 59.4 Å². The zero-order valence-electron chi connectivity index (χ0n) is 12.5. The first kappa shape index (κ1) is 16.3. The number of nitrogens with two attached hydrogens (primary N) is 1. The number of hydrogen-bond acceptors (Lipinski definition) is 3. The van der Waals surface area contributed by atoms with Gasteiger partial charge in [0.15, 0.2) is 10.9 Å². The molecule has 108 valence electrons. The zero-order valence-corrected chi connectivity index (χ0v) is 13.3. The van der Waals surface area contributed by atoms with Crippen LogP contribution < -0.4 is 5.73 Å². The van der Waals surface area contributed by atoms with Crippen LogP contribution in [0.25, 0.3) is 0 Å². The molecule has 0 aromatic carbocycles. The Kier molecular flexibility index (Phi) is 5.22. The second kappa shape index (κ2) is 6.10. The van der Waals surface area contributed by atoms with Crippen LogP contribution in [0.5, 0.6) is 5.75 Å². The SMILES string of the molecule is CC.Cc1nc(Cl)c(O)cc1C1CCC(C)(C)C1N. The molecule has 2 atom stereocenters. The van der Waals surface area contributed by atoms with Gasteiger partial charge in [0.25, 0.3) is 0 Å². The van der Waals surface area contributed by atoms with Crippen LogP contribution in [-0.4, -0.2) is 16.1 Å². The van der Waals surface area contributed by atoms with E-state index in [1.165, 1.54) is 0 Å². The van der Waals surface area contributed by atoms with Crippen LogP contribution in [-0.2, 0) is 0 Å². The first-order valence-corrected chi connectivity index (χ1v) is 7.32. The molecule has 1 fully saturated rings. The number of nitrogens with zero attached hydrogens (tertiary/aromatic N) is 1. The van der Waals surface area contributed by atoms with Gasteiger partial charge in [-0.15, -0.1) is 0 Å². The fourth-order valence-corrected chi connectivity index (χ4v) is 2.90. The van der Waals surface area contributed by atoms with Gasteiger partial charge in [0, 0.05) is 17.7 Å². The lowest BCUT2D eigenvalue weighted by Gasteiger charge is -2.27. The maximum absolute atomic E-state index is 9.67. The van der Waals surface area contributed by atoms with E-state index in [-0.39, 0.29) is 28.3 Å². The van der Waals surface area contributed by atoms with Gasteiger partial charge in [-0.25, -0.2) is 4.98 Å². The topological polar surface area (TPSA) is 59.1 Å². The molecule has 1 aliphatic carbocycles. The molecule has 4 heteroatoms. The Labute approximate surface area is 121 Å². The van der Waals surface area contributed by atoms with E-state index in [4.69, 9.17) is 17.3 Å². The molecule has 0 spiro atoms. The molecule has 1 heterocycles. The van der Waals surface area contributed by atoms with Crippen molar-refractivity contribution in [3.8, 4) is 5.75 Å². The second-order valence-electron chi connectivity index (χ2n) is 5.63. The van der Waals surface area contributed by atoms with Gasteiger partial charge in [-0.1, -0.05) is 39.3 Å². The highest BCUT2D eigenvalue weighted by atomic mass is 35.5. The van der Waals surface area contributed by atoms with E-state index < -0.39 is 0 Å². The molecule has 19 heavy (non-hydrogen) atoms. The Hall–Kier alpha value is -0.800. The molecule has 1 aromatic rings. The lowest BCUT2D eigenvalue weighted by molar-refractivity contribution is 0.322. The van der Waals surface area contributed by atoms with Crippen molar-refractivity contribution in [1.29, 1.82) is 0 Å². The van der Waals surface area contributed by atoms with Crippen LogP contribution in [0.4, 0.5) is 0 Å². The normalized spacial score (nSPS) is 24.8. The number of pyridine rings is 1. The summed E-state index contributed by atoms with van der Waals surface area (Å²) in [6, 6.07) is 1.82. The van der Waals surface area contributed by atoms with Crippen molar-refractivity contribution in [1.82, 2.24) is 4.98 Å². The lowest BCUT2D eigenvalue weighted by atomic mass is 9.83. The third-order valence-corrected chi connectivity index (χ3v) is 4.30. The molecule has 0 amide bonds. The van der Waals surface area contributed by atoms with Crippen molar-refractivity contribution < 1.29 is 5.11 Å². The Morgan fingerprint density at radius 1 is 1.42 bits per heavy atom. The third-order valence-electron chi connectivity index (χ3n) is 4.02. The summed E-state index contributed by atoms with van der Waals surface area (Å²) in [6.45, 7) is 10.3. The summed E-state index contributed by atoms with van der Waals surface area (Å²) in [6.07, 6.45) is 2.14. The van der Waals surface area contributed by atoms with E-state index in [0.29, 0.717) is 0 Å². The molecule has 0 aliphatic heterocycles. The van der Waals surface area contributed by atoms with Crippen molar-refractivity contribution in [2.75, 3.05) is 0 Å². The minimum atomic E-state index is 0.0455. The van der Waals surface area contributed by atoms with Crippen LogP contribution >= 0.6 is 11.6 Å². The first-order chi connectivity index (χ1) is 8.83. The van der Waals surface area contributed by atoms with E-state index >= 15 is 0 Å². The summed E-state index contributed by atoms with van der Waals surface area (Å²) in [7, 11) is 0. The number of aromatic hydroxyl groups is 1. The highest BCUT2D eigenvalue weighted by Crippen LogP contribution is 2.46. The Balaban J connectivity index is 0.000000861. The highest BCUT2D eigenvalue weighted by Gasteiger charge is 2.40. The molecule has 3 nitrogen and oxygen atoms in total. The molecular formula is C15H25ClN2O. The van der Waals surface area contributed by atoms with Gasteiger partial charge in [0.2, 0.25) is 0 Å². The molecule has 1 aromatic heterocycles. The predicted octanol–water partition coefficient (Wildman–Crippen LogP) is 4.01. The van der Waals surface area contributed by atoms with Crippen molar-refractivity contribution in [2.24, 2.45) is 11.1 Å². The average molecular weight is 285 g/mol. The van der Waals surface area contributed by atoms with Gasteiger partial charge in [-0.05, 0) is 36.8 Å². The molecule has 1 saturated carbocycles. The Bertz CT molecular complexity index is 446. The fourth-order valence-electron chi connectivity index (χ4n) is 2.72. The predicted molar refractivity (Wildman–Crippen MR) is 80.7 cm³/mol. The molecule has 1 aliphatic rings. The zero-order chi connectivity index (χ0) is 14.8. The van der Waals surface area contributed by atoms with Crippen LogP contribution in [0.3, 0.4) is 0 Å². The largest absolute Gasteiger partial charge is 0.505 e. The maximum atomic E-state index is 9.67. The quantitative estimate of drug-likeness (QED) is 0.766. The number of aromatic nitrogens is 1. The monoisotopic (exact) mass is 284 g/mol. The van der Waals surface area contributed by atoms with Gasteiger partial charge in [0.05, 0.1) is 0 Å². The van der Waals surface area contributed by atoms with E-state index in [1.54, 1.807) is 6.07 Å². The van der Waals surface area contributed by atoms with Gasteiger partial charge in [-0.2, -0.15) is 0 Å². The Morgan fingerprint density at radius 2 is 2.00 bits per heavy atom. The van der Waals surface area contributed by atoms with Crippen LogP contribution in [0.2, 0.25) is 5.15 Å². The van der Waals surface area contributed by atoms with Crippen LogP contribution in [0.15, 0.2) is 6.07 Å². The second-order valence-corrected chi connectivity index (χ2v) is 5.99. The summed E-state index contributed by atoms with van der Waals surface area (Å²) < 4.78 is 0. The summed E-state index contributed by atoms with van der Waals surface area (Å²) >= 11 is 5.79. The third kappa shape index (κ3) is 3.21. The lowest BCUT2D eigenvalue weighted by Crippen LogP contribution is -2.36. The average Bonchev–Trinajstić information content (AvgIpc) is 2.62. The number of aryl methyl sites for hydroxylation is 1. The molecule has 0 saturated heterocycles. The molecule has 2 rings (SSSR count). The number of rotatable bonds is 1. The summed E-state index contributed by atoms with van der Waals surface area (Å²) in [4.78, 5) is 4.16.